The van der Waals surface area contributed by atoms with E-state index in [2.05, 4.69) is 15.5 Å². The number of benzene rings is 1. The monoisotopic (exact) mass is 304 g/mol. The number of carbonyl (C=O) groups excluding carboxylic acids is 1. The largest absolute Gasteiger partial charge is 0.358 e. The number of carbonyl (C=O) groups is 1. The Kier molecular flexibility index (Phi) is 5.38. The van der Waals surface area contributed by atoms with E-state index in [4.69, 9.17) is 0 Å². The van der Waals surface area contributed by atoms with Crippen molar-refractivity contribution in [1.29, 1.82) is 0 Å². The van der Waals surface area contributed by atoms with Gasteiger partial charge in [0.25, 0.3) is 0 Å². The summed E-state index contributed by atoms with van der Waals surface area (Å²) in [6.07, 6.45) is 0.667. The van der Waals surface area contributed by atoms with E-state index in [1.165, 1.54) is 11.8 Å². The summed E-state index contributed by atoms with van der Waals surface area (Å²) in [5, 5.41) is 11.6. The van der Waals surface area contributed by atoms with Crippen LogP contribution in [-0.4, -0.2) is 33.0 Å². The van der Waals surface area contributed by atoms with Crippen molar-refractivity contribution in [2.75, 3.05) is 7.05 Å². The third-order valence-electron chi connectivity index (χ3n) is 3.27. The molecular formula is C15H20N4OS. The van der Waals surface area contributed by atoms with E-state index in [0.717, 1.165) is 23.1 Å². The fourth-order valence-electron chi connectivity index (χ4n) is 2.12. The van der Waals surface area contributed by atoms with Gasteiger partial charge in [0.05, 0.1) is 5.25 Å². The Labute approximate surface area is 129 Å². The van der Waals surface area contributed by atoms with Gasteiger partial charge in [0, 0.05) is 13.6 Å². The molecule has 0 aliphatic rings. The lowest BCUT2D eigenvalue weighted by Crippen LogP contribution is -2.31. The van der Waals surface area contributed by atoms with Gasteiger partial charge in [-0.15, -0.1) is 10.2 Å². The number of aryl methyl sites for hydroxylation is 1. The van der Waals surface area contributed by atoms with Gasteiger partial charge in [-0.05, 0) is 25.8 Å². The summed E-state index contributed by atoms with van der Waals surface area (Å²) >= 11 is 1.47. The first-order chi connectivity index (χ1) is 10.2. The summed E-state index contributed by atoms with van der Waals surface area (Å²) < 4.78 is 2.02. The fourth-order valence-corrected chi connectivity index (χ4v) is 3.35. The van der Waals surface area contributed by atoms with Crippen LogP contribution in [0.4, 0.5) is 0 Å². The zero-order chi connectivity index (χ0) is 15.2. The molecule has 2 aromatic rings. The first-order valence-corrected chi connectivity index (χ1v) is 7.85. The fraction of sp³-hybridized carbons (Fsp3) is 0.400. The average Bonchev–Trinajstić information content (AvgIpc) is 2.86. The first-order valence-electron chi connectivity index (χ1n) is 6.97. The molecule has 1 amide bonds. The second-order valence-electron chi connectivity index (χ2n) is 4.68. The molecule has 1 atom stereocenters. The number of hydrogen-bond acceptors (Lipinski definition) is 4. The number of nitrogens with zero attached hydrogens (tertiary/aromatic N) is 3. The summed E-state index contributed by atoms with van der Waals surface area (Å²) in [5.41, 5.74) is 1.14. The molecule has 6 heteroatoms. The van der Waals surface area contributed by atoms with Gasteiger partial charge < -0.3 is 9.88 Å². The zero-order valence-electron chi connectivity index (χ0n) is 12.5. The molecule has 0 aliphatic carbocycles. The lowest BCUT2D eigenvalue weighted by Gasteiger charge is -2.15. The van der Waals surface area contributed by atoms with Crippen LogP contribution in [0.5, 0.6) is 0 Å². The summed E-state index contributed by atoms with van der Waals surface area (Å²) in [6.45, 7) is 4.77. The van der Waals surface area contributed by atoms with Crippen LogP contribution in [-0.2, 0) is 17.8 Å². The maximum absolute atomic E-state index is 12.1. The molecule has 0 aliphatic heterocycles. The Morgan fingerprint density at radius 3 is 2.67 bits per heavy atom. The van der Waals surface area contributed by atoms with Crippen LogP contribution in [0.2, 0.25) is 0 Å². The lowest BCUT2D eigenvalue weighted by molar-refractivity contribution is -0.120. The van der Waals surface area contributed by atoms with Crippen molar-refractivity contribution in [3.8, 4) is 0 Å². The van der Waals surface area contributed by atoms with Crippen LogP contribution >= 0.6 is 11.8 Å². The second-order valence-corrected chi connectivity index (χ2v) is 5.85. The molecule has 0 saturated carbocycles. The molecule has 0 saturated heterocycles. The molecule has 21 heavy (non-hydrogen) atoms. The standard InChI is InChI=1S/C15H20N4OS/c1-4-19-11(2)17-18-15(19)21-13(14(20)16-3)10-12-8-6-5-7-9-12/h5-9,13H,4,10H2,1-3H3,(H,16,20)/t13-/m1/s1. The SMILES string of the molecule is CCn1c(C)nnc1S[C@H](Cc1ccccc1)C(=O)NC. The first kappa shape index (κ1) is 15.6. The molecule has 2 rings (SSSR count). The second kappa shape index (κ2) is 7.26. The molecule has 0 radical (unpaired) electrons. The van der Waals surface area contributed by atoms with Gasteiger partial charge in [-0.1, -0.05) is 42.1 Å². The molecule has 1 aromatic carbocycles. The predicted molar refractivity (Wildman–Crippen MR) is 84.3 cm³/mol. The molecule has 0 fully saturated rings. The van der Waals surface area contributed by atoms with E-state index in [-0.39, 0.29) is 11.2 Å². The maximum atomic E-state index is 12.1. The summed E-state index contributed by atoms with van der Waals surface area (Å²) in [5.74, 6) is 0.877. The van der Waals surface area contributed by atoms with Gasteiger partial charge in [-0.3, -0.25) is 4.79 Å². The molecule has 0 unspecified atom stereocenters. The molecule has 5 nitrogen and oxygen atoms in total. The number of amides is 1. The highest BCUT2D eigenvalue weighted by atomic mass is 32.2. The van der Waals surface area contributed by atoms with E-state index < -0.39 is 0 Å². The van der Waals surface area contributed by atoms with Gasteiger partial charge in [-0.2, -0.15) is 0 Å². The number of nitrogens with one attached hydrogen (secondary N) is 1. The van der Waals surface area contributed by atoms with Gasteiger partial charge in [-0.25, -0.2) is 0 Å². The number of hydrogen-bond donors (Lipinski definition) is 1. The van der Waals surface area contributed by atoms with Crippen LogP contribution in [0.25, 0.3) is 0 Å². The number of rotatable bonds is 6. The Morgan fingerprint density at radius 2 is 2.05 bits per heavy atom. The summed E-state index contributed by atoms with van der Waals surface area (Å²) in [4.78, 5) is 12.1. The maximum Gasteiger partial charge on any atom is 0.233 e. The van der Waals surface area contributed by atoms with Crippen LogP contribution in [0.1, 0.15) is 18.3 Å². The Bertz CT molecular complexity index is 597. The molecule has 112 valence electrons. The zero-order valence-corrected chi connectivity index (χ0v) is 13.4. The van der Waals surface area contributed by atoms with Crippen molar-refractivity contribution in [2.45, 2.75) is 37.2 Å². The highest BCUT2D eigenvalue weighted by molar-refractivity contribution is 8.00. The predicted octanol–water partition coefficient (Wildman–Crippen LogP) is 2.06. The minimum atomic E-state index is -0.216. The lowest BCUT2D eigenvalue weighted by atomic mass is 10.1. The van der Waals surface area contributed by atoms with Crippen molar-refractivity contribution in [2.24, 2.45) is 0 Å². The third-order valence-corrected chi connectivity index (χ3v) is 4.45. The summed E-state index contributed by atoms with van der Waals surface area (Å²) in [6, 6.07) is 10.0. The quantitative estimate of drug-likeness (QED) is 0.830. The topological polar surface area (TPSA) is 59.8 Å². The average molecular weight is 304 g/mol. The third kappa shape index (κ3) is 3.85. The van der Waals surface area contributed by atoms with E-state index in [1.54, 1.807) is 7.05 Å². The van der Waals surface area contributed by atoms with E-state index in [1.807, 2.05) is 48.7 Å². The van der Waals surface area contributed by atoms with Gasteiger partial charge in [0.2, 0.25) is 5.91 Å². The normalized spacial score (nSPS) is 12.1. The van der Waals surface area contributed by atoms with Crippen molar-refractivity contribution in [3.63, 3.8) is 0 Å². The minimum absolute atomic E-state index is 0.00663. The molecule has 1 N–H and O–H groups in total. The van der Waals surface area contributed by atoms with Crippen LogP contribution in [0.3, 0.4) is 0 Å². The van der Waals surface area contributed by atoms with Crippen LogP contribution in [0.15, 0.2) is 35.5 Å². The van der Waals surface area contributed by atoms with Gasteiger partial charge in [0.15, 0.2) is 5.16 Å². The smallest absolute Gasteiger partial charge is 0.233 e. The van der Waals surface area contributed by atoms with E-state index in [0.29, 0.717) is 6.42 Å². The van der Waals surface area contributed by atoms with Crippen molar-refractivity contribution in [1.82, 2.24) is 20.1 Å². The number of aromatic nitrogens is 3. The van der Waals surface area contributed by atoms with Crippen molar-refractivity contribution >= 4 is 17.7 Å². The Hall–Kier alpha value is -1.82. The van der Waals surface area contributed by atoms with Crippen molar-refractivity contribution in [3.05, 3.63) is 41.7 Å². The van der Waals surface area contributed by atoms with Crippen LogP contribution in [0, 0.1) is 6.92 Å². The van der Waals surface area contributed by atoms with Crippen molar-refractivity contribution < 1.29 is 4.79 Å². The Morgan fingerprint density at radius 1 is 1.33 bits per heavy atom. The van der Waals surface area contributed by atoms with Gasteiger partial charge >= 0.3 is 0 Å². The molecular weight excluding hydrogens is 284 g/mol. The molecule has 1 aromatic heterocycles. The highest BCUT2D eigenvalue weighted by Gasteiger charge is 2.22. The summed E-state index contributed by atoms with van der Waals surface area (Å²) in [7, 11) is 1.66. The highest BCUT2D eigenvalue weighted by Crippen LogP contribution is 2.25. The van der Waals surface area contributed by atoms with Gasteiger partial charge in [0.1, 0.15) is 5.82 Å². The van der Waals surface area contributed by atoms with E-state index in [9.17, 15) is 4.79 Å². The molecule has 1 heterocycles. The Balaban J connectivity index is 2.18. The van der Waals surface area contributed by atoms with E-state index >= 15 is 0 Å². The number of thioether (sulfide) groups is 1. The molecule has 0 bridgehead atoms. The molecule has 0 spiro atoms. The minimum Gasteiger partial charge on any atom is -0.358 e. The van der Waals surface area contributed by atoms with Crippen LogP contribution < -0.4 is 5.32 Å².